The van der Waals surface area contributed by atoms with E-state index >= 15 is 0 Å². The molecule has 170 valence electrons. The van der Waals surface area contributed by atoms with Crippen molar-refractivity contribution in [2.75, 3.05) is 27.2 Å². The van der Waals surface area contributed by atoms with Gasteiger partial charge in [-0.15, -0.1) is 0 Å². The van der Waals surface area contributed by atoms with E-state index in [0.717, 1.165) is 25.9 Å². The molecular weight excluding hydrogens is 429 g/mol. The molecule has 2 aromatic carbocycles. The van der Waals surface area contributed by atoms with Crippen molar-refractivity contribution in [3.8, 4) is 0 Å². The number of likely N-dealkylation sites (tertiary alicyclic amines) is 1. The number of hydrogen-bond acceptors (Lipinski definition) is 4. The van der Waals surface area contributed by atoms with Crippen molar-refractivity contribution in [3.63, 3.8) is 0 Å². The van der Waals surface area contributed by atoms with Crippen LogP contribution in [0, 0.1) is 5.82 Å². The molecule has 1 aromatic heterocycles. The summed E-state index contributed by atoms with van der Waals surface area (Å²) < 4.78 is 41.3. The minimum absolute atomic E-state index is 0.0391. The molecule has 1 amide bonds. The Morgan fingerprint density at radius 1 is 1.09 bits per heavy atom. The van der Waals surface area contributed by atoms with E-state index in [9.17, 15) is 17.6 Å². The number of fused-ring (bicyclic) bond motifs is 1. The average molecular weight is 458 g/mol. The van der Waals surface area contributed by atoms with Gasteiger partial charge in [-0.25, -0.2) is 12.8 Å². The Labute approximate surface area is 188 Å². The van der Waals surface area contributed by atoms with Gasteiger partial charge < -0.3 is 14.4 Å². The smallest absolute Gasteiger partial charge is 0.242 e. The summed E-state index contributed by atoms with van der Waals surface area (Å²) in [7, 11) is 0.223. The molecule has 8 heteroatoms. The number of amides is 1. The van der Waals surface area contributed by atoms with E-state index in [-0.39, 0.29) is 29.1 Å². The second-order valence-corrected chi connectivity index (χ2v) is 10.5. The molecule has 1 saturated heterocycles. The predicted molar refractivity (Wildman–Crippen MR) is 123 cm³/mol. The summed E-state index contributed by atoms with van der Waals surface area (Å²) in [6.07, 6.45) is 3.43. The van der Waals surface area contributed by atoms with E-state index in [0.29, 0.717) is 16.5 Å². The first kappa shape index (κ1) is 22.5. The maximum atomic E-state index is 13.2. The van der Waals surface area contributed by atoms with Crippen molar-refractivity contribution in [3.05, 3.63) is 66.1 Å². The standard InChI is InChI=1S/C24H28FN3O3S/c1-26-13-11-20(12-14-26)27(2)24(29)16-28-15-23(21-5-3-4-6-22(21)28)32(30,31)17-18-7-9-19(25)10-8-18/h3-10,15,20H,11-14,16-17H2,1-2H3. The molecule has 6 nitrogen and oxygen atoms in total. The Hall–Kier alpha value is -2.71. The summed E-state index contributed by atoms with van der Waals surface area (Å²) in [5.74, 6) is -0.678. The molecule has 4 rings (SSSR count). The first-order chi connectivity index (χ1) is 15.2. The number of likely N-dealkylation sites (N-methyl/N-ethyl adjacent to an activating group) is 1. The van der Waals surface area contributed by atoms with Gasteiger partial charge in [0, 0.05) is 30.2 Å². The van der Waals surface area contributed by atoms with Crippen LogP contribution in [-0.4, -0.2) is 61.9 Å². The van der Waals surface area contributed by atoms with Gasteiger partial charge in [0.15, 0.2) is 9.84 Å². The number of aromatic nitrogens is 1. The van der Waals surface area contributed by atoms with Gasteiger partial charge in [-0.2, -0.15) is 0 Å². The van der Waals surface area contributed by atoms with E-state index in [4.69, 9.17) is 0 Å². The molecule has 0 saturated carbocycles. The lowest BCUT2D eigenvalue weighted by Crippen LogP contribution is -2.45. The number of halogens is 1. The van der Waals surface area contributed by atoms with Crippen LogP contribution in [0.4, 0.5) is 4.39 Å². The number of carbonyl (C=O) groups is 1. The zero-order valence-electron chi connectivity index (χ0n) is 18.4. The van der Waals surface area contributed by atoms with Crippen molar-refractivity contribution in [2.24, 2.45) is 0 Å². The predicted octanol–water partition coefficient (Wildman–Crippen LogP) is 3.31. The third kappa shape index (κ3) is 4.71. The number of sulfone groups is 1. The van der Waals surface area contributed by atoms with E-state index in [1.165, 1.54) is 24.3 Å². The largest absolute Gasteiger partial charge is 0.341 e. The molecule has 0 unspecified atom stereocenters. The molecule has 0 radical (unpaired) electrons. The average Bonchev–Trinajstić information content (AvgIpc) is 3.15. The van der Waals surface area contributed by atoms with Crippen LogP contribution in [-0.2, 0) is 26.9 Å². The summed E-state index contributed by atoms with van der Waals surface area (Å²) in [5, 5.41) is 0.587. The van der Waals surface area contributed by atoms with Crippen LogP contribution in [0.2, 0.25) is 0 Å². The second-order valence-electron chi connectivity index (χ2n) is 8.56. The number of rotatable bonds is 6. The fourth-order valence-electron chi connectivity index (χ4n) is 4.31. The van der Waals surface area contributed by atoms with Crippen molar-refractivity contribution in [2.45, 2.75) is 36.1 Å². The molecule has 32 heavy (non-hydrogen) atoms. The topological polar surface area (TPSA) is 62.6 Å². The highest BCUT2D eigenvalue weighted by Crippen LogP contribution is 2.28. The van der Waals surface area contributed by atoms with Crippen LogP contribution in [0.1, 0.15) is 18.4 Å². The number of para-hydroxylation sites is 1. The van der Waals surface area contributed by atoms with Gasteiger partial charge in [-0.3, -0.25) is 4.79 Å². The Kier molecular flexibility index (Phi) is 6.35. The maximum absolute atomic E-state index is 13.2. The third-order valence-electron chi connectivity index (χ3n) is 6.29. The van der Waals surface area contributed by atoms with Gasteiger partial charge in [0.1, 0.15) is 12.4 Å². The molecule has 1 aliphatic heterocycles. The number of hydrogen-bond donors (Lipinski definition) is 0. The number of benzene rings is 2. The Morgan fingerprint density at radius 3 is 2.44 bits per heavy atom. The van der Waals surface area contributed by atoms with Gasteiger partial charge in [0.05, 0.1) is 10.6 Å². The summed E-state index contributed by atoms with van der Waals surface area (Å²) in [5.41, 5.74) is 1.22. The van der Waals surface area contributed by atoms with E-state index in [1.54, 1.807) is 27.8 Å². The minimum atomic E-state index is -3.69. The molecular formula is C24H28FN3O3S. The van der Waals surface area contributed by atoms with Crippen molar-refractivity contribution in [1.82, 2.24) is 14.4 Å². The Bertz CT molecular complexity index is 1210. The van der Waals surface area contributed by atoms with Gasteiger partial charge >= 0.3 is 0 Å². The lowest BCUT2D eigenvalue weighted by atomic mass is 10.0. The van der Waals surface area contributed by atoms with Gasteiger partial charge in [0.25, 0.3) is 0 Å². The molecule has 3 aromatic rings. The molecule has 1 aliphatic rings. The summed E-state index contributed by atoms with van der Waals surface area (Å²) in [6.45, 7) is 2.00. The van der Waals surface area contributed by atoms with Crippen molar-refractivity contribution >= 4 is 26.6 Å². The first-order valence-electron chi connectivity index (χ1n) is 10.7. The quantitative estimate of drug-likeness (QED) is 0.570. The second kappa shape index (κ2) is 9.03. The molecule has 0 bridgehead atoms. The first-order valence-corrected chi connectivity index (χ1v) is 12.4. The van der Waals surface area contributed by atoms with Crippen LogP contribution in [0.5, 0.6) is 0 Å². The van der Waals surface area contributed by atoms with Gasteiger partial charge in [-0.1, -0.05) is 30.3 Å². The van der Waals surface area contributed by atoms with Crippen LogP contribution >= 0.6 is 0 Å². The Morgan fingerprint density at radius 2 is 1.75 bits per heavy atom. The summed E-state index contributed by atoms with van der Waals surface area (Å²) >= 11 is 0. The van der Waals surface area contributed by atoms with Gasteiger partial charge in [0.2, 0.25) is 5.91 Å². The van der Waals surface area contributed by atoms with E-state index < -0.39 is 15.7 Å². The van der Waals surface area contributed by atoms with Crippen LogP contribution in [0.15, 0.2) is 59.6 Å². The Balaban J connectivity index is 1.60. The van der Waals surface area contributed by atoms with Gasteiger partial charge in [-0.05, 0) is 56.7 Å². The highest BCUT2D eigenvalue weighted by atomic mass is 32.2. The summed E-state index contributed by atoms with van der Waals surface area (Å²) in [6, 6.07) is 12.9. The van der Waals surface area contributed by atoms with E-state index in [1.807, 2.05) is 19.2 Å². The molecule has 0 spiro atoms. The molecule has 2 heterocycles. The fourth-order valence-corrected chi connectivity index (χ4v) is 5.89. The number of nitrogens with zero attached hydrogens (tertiary/aromatic N) is 3. The molecule has 0 atom stereocenters. The van der Waals surface area contributed by atoms with Crippen LogP contribution < -0.4 is 0 Å². The third-order valence-corrected chi connectivity index (χ3v) is 8.00. The maximum Gasteiger partial charge on any atom is 0.242 e. The fraction of sp³-hybridized carbons (Fsp3) is 0.375. The zero-order valence-corrected chi connectivity index (χ0v) is 19.2. The lowest BCUT2D eigenvalue weighted by Gasteiger charge is -2.35. The molecule has 1 fully saturated rings. The SMILES string of the molecule is CN1CCC(N(C)C(=O)Cn2cc(S(=O)(=O)Cc3ccc(F)cc3)c3ccccc32)CC1. The molecule has 0 aliphatic carbocycles. The van der Waals surface area contributed by atoms with Crippen LogP contribution in [0.3, 0.4) is 0 Å². The van der Waals surface area contributed by atoms with E-state index in [2.05, 4.69) is 11.9 Å². The monoisotopic (exact) mass is 457 g/mol. The van der Waals surface area contributed by atoms with Crippen molar-refractivity contribution in [1.29, 1.82) is 0 Å². The lowest BCUT2D eigenvalue weighted by molar-refractivity contribution is -0.133. The molecule has 0 N–H and O–H groups in total. The van der Waals surface area contributed by atoms with Crippen molar-refractivity contribution < 1.29 is 17.6 Å². The number of carbonyl (C=O) groups excluding carboxylic acids is 1. The highest BCUT2D eigenvalue weighted by molar-refractivity contribution is 7.90. The van der Waals surface area contributed by atoms with Crippen LogP contribution in [0.25, 0.3) is 10.9 Å². The minimum Gasteiger partial charge on any atom is -0.341 e. The number of piperidine rings is 1. The highest BCUT2D eigenvalue weighted by Gasteiger charge is 2.26. The zero-order chi connectivity index (χ0) is 22.9. The summed E-state index contributed by atoms with van der Waals surface area (Å²) in [4.78, 5) is 17.3. The normalized spacial score (nSPS) is 15.8.